The van der Waals surface area contributed by atoms with Crippen molar-refractivity contribution in [1.82, 2.24) is 10.3 Å². The maximum absolute atomic E-state index is 12.3. The van der Waals surface area contributed by atoms with E-state index >= 15 is 0 Å². The molecular weight excluding hydrogens is 378 g/mol. The lowest BCUT2D eigenvalue weighted by Gasteiger charge is -2.11. The van der Waals surface area contributed by atoms with E-state index in [2.05, 4.69) is 20.9 Å². The van der Waals surface area contributed by atoms with E-state index in [9.17, 15) is 14.4 Å². The molecule has 0 atom stereocenters. The van der Waals surface area contributed by atoms with Gasteiger partial charge in [0.05, 0.1) is 23.5 Å². The minimum Gasteiger partial charge on any atom is -0.336 e. The summed E-state index contributed by atoms with van der Waals surface area (Å²) in [4.78, 5) is 41.1. The highest BCUT2D eigenvalue weighted by Gasteiger charge is 2.24. The normalized spacial score (nSPS) is 13.5. The van der Waals surface area contributed by atoms with Gasteiger partial charge in [-0.05, 0) is 18.2 Å². The molecule has 2 heterocycles. The number of anilines is 3. The summed E-state index contributed by atoms with van der Waals surface area (Å²) in [7, 11) is 0. The molecule has 1 aliphatic rings. The summed E-state index contributed by atoms with van der Waals surface area (Å²) < 4.78 is 0. The van der Waals surface area contributed by atoms with Crippen LogP contribution in [-0.4, -0.2) is 35.9 Å². The standard InChI is InChI=1S/C16H16ClN5O3S/c1-9(23)19-12-3-2-10(17)6-13(12)21-14(24)7-11-8-26-16(20-11)22-5-4-18-15(22)25/h2-3,6,8H,4-5,7H2,1H3,(H,18,25)(H,19,23)(H,21,24). The van der Waals surface area contributed by atoms with Crippen LogP contribution < -0.4 is 20.9 Å². The van der Waals surface area contributed by atoms with Crippen molar-refractivity contribution in [3.8, 4) is 0 Å². The summed E-state index contributed by atoms with van der Waals surface area (Å²) in [6.07, 6.45) is 0.0397. The molecule has 8 nitrogen and oxygen atoms in total. The van der Waals surface area contributed by atoms with E-state index in [0.717, 1.165) is 0 Å². The number of aromatic nitrogens is 1. The van der Waals surface area contributed by atoms with Crippen molar-refractivity contribution in [3.05, 3.63) is 34.3 Å². The zero-order valence-electron chi connectivity index (χ0n) is 13.8. The van der Waals surface area contributed by atoms with Crippen LogP contribution in [0.3, 0.4) is 0 Å². The smallest absolute Gasteiger partial charge is 0.323 e. The predicted molar refractivity (Wildman–Crippen MR) is 101 cm³/mol. The Morgan fingerprint density at radius 3 is 2.85 bits per heavy atom. The number of thiazole rings is 1. The molecule has 1 fully saturated rings. The van der Waals surface area contributed by atoms with E-state index in [1.807, 2.05) is 0 Å². The first kappa shape index (κ1) is 18.2. The molecule has 0 bridgehead atoms. The first-order chi connectivity index (χ1) is 12.4. The number of hydrogen-bond acceptors (Lipinski definition) is 5. The number of carbonyl (C=O) groups excluding carboxylic acids is 3. The SMILES string of the molecule is CC(=O)Nc1ccc(Cl)cc1NC(=O)Cc1csc(N2CCNC2=O)n1. The second-order valence-electron chi connectivity index (χ2n) is 5.60. The van der Waals surface area contributed by atoms with Gasteiger partial charge < -0.3 is 16.0 Å². The molecule has 136 valence electrons. The summed E-state index contributed by atoms with van der Waals surface area (Å²) in [5.74, 6) is -0.558. The van der Waals surface area contributed by atoms with E-state index in [1.54, 1.807) is 23.6 Å². The van der Waals surface area contributed by atoms with Crippen molar-refractivity contribution >= 4 is 57.3 Å². The van der Waals surface area contributed by atoms with Crippen LogP contribution in [0.1, 0.15) is 12.6 Å². The highest BCUT2D eigenvalue weighted by atomic mass is 35.5. The van der Waals surface area contributed by atoms with Crippen molar-refractivity contribution in [2.45, 2.75) is 13.3 Å². The highest BCUT2D eigenvalue weighted by molar-refractivity contribution is 7.14. The fraction of sp³-hybridized carbons (Fsp3) is 0.250. The van der Waals surface area contributed by atoms with Gasteiger partial charge >= 0.3 is 6.03 Å². The van der Waals surface area contributed by atoms with Crippen LogP contribution in [0, 0.1) is 0 Å². The predicted octanol–water partition coefficient (Wildman–Crippen LogP) is 2.47. The number of carbonyl (C=O) groups is 3. The molecular formula is C16H16ClN5O3S. The molecule has 26 heavy (non-hydrogen) atoms. The number of halogens is 1. The Balaban J connectivity index is 1.68. The van der Waals surface area contributed by atoms with Gasteiger partial charge in [-0.25, -0.2) is 9.78 Å². The molecule has 0 saturated carbocycles. The number of hydrogen-bond donors (Lipinski definition) is 3. The van der Waals surface area contributed by atoms with Gasteiger partial charge in [0, 0.05) is 30.4 Å². The van der Waals surface area contributed by atoms with Gasteiger partial charge in [0.25, 0.3) is 0 Å². The average Bonchev–Trinajstić information content (AvgIpc) is 3.18. The lowest BCUT2D eigenvalue weighted by Crippen LogP contribution is -2.27. The number of rotatable bonds is 5. The summed E-state index contributed by atoms with van der Waals surface area (Å²) in [6, 6.07) is 4.61. The van der Waals surface area contributed by atoms with Crippen molar-refractivity contribution in [1.29, 1.82) is 0 Å². The number of amides is 4. The Morgan fingerprint density at radius 2 is 2.15 bits per heavy atom. The van der Waals surface area contributed by atoms with Crippen molar-refractivity contribution in [3.63, 3.8) is 0 Å². The molecule has 1 saturated heterocycles. The van der Waals surface area contributed by atoms with Crippen molar-refractivity contribution < 1.29 is 14.4 Å². The number of nitrogens with one attached hydrogen (secondary N) is 3. The van der Waals surface area contributed by atoms with Crippen LogP contribution in [0.15, 0.2) is 23.6 Å². The minimum absolute atomic E-state index is 0.0397. The maximum Gasteiger partial charge on any atom is 0.323 e. The largest absolute Gasteiger partial charge is 0.336 e. The molecule has 0 spiro atoms. The highest BCUT2D eigenvalue weighted by Crippen LogP contribution is 2.27. The van der Waals surface area contributed by atoms with E-state index in [-0.39, 0.29) is 24.3 Å². The molecule has 10 heteroatoms. The second-order valence-corrected chi connectivity index (χ2v) is 6.87. The molecule has 1 aromatic carbocycles. The fourth-order valence-electron chi connectivity index (χ4n) is 2.43. The van der Waals surface area contributed by atoms with Crippen molar-refractivity contribution in [2.24, 2.45) is 0 Å². The topological polar surface area (TPSA) is 103 Å². The minimum atomic E-state index is -0.304. The van der Waals surface area contributed by atoms with E-state index < -0.39 is 0 Å². The Hall–Kier alpha value is -2.65. The van der Waals surface area contributed by atoms with Crippen LogP contribution in [0.4, 0.5) is 21.3 Å². The molecule has 3 N–H and O–H groups in total. The second kappa shape index (κ2) is 7.71. The van der Waals surface area contributed by atoms with E-state index in [1.165, 1.54) is 23.2 Å². The van der Waals surface area contributed by atoms with E-state index in [0.29, 0.717) is 40.3 Å². The molecule has 4 amide bonds. The van der Waals surface area contributed by atoms with Crippen LogP contribution in [-0.2, 0) is 16.0 Å². The van der Waals surface area contributed by atoms with Gasteiger partial charge in [0.2, 0.25) is 11.8 Å². The first-order valence-electron chi connectivity index (χ1n) is 7.79. The Kier molecular flexibility index (Phi) is 5.38. The van der Waals surface area contributed by atoms with Gasteiger partial charge in [-0.1, -0.05) is 11.6 Å². The third-order valence-electron chi connectivity index (χ3n) is 3.54. The fourth-order valence-corrected chi connectivity index (χ4v) is 3.45. The van der Waals surface area contributed by atoms with Crippen molar-refractivity contribution in [2.75, 3.05) is 28.6 Å². The van der Waals surface area contributed by atoms with Gasteiger partial charge in [-0.15, -0.1) is 11.3 Å². The van der Waals surface area contributed by atoms with Crippen LogP contribution >= 0.6 is 22.9 Å². The third kappa shape index (κ3) is 4.30. The van der Waals surface area contributed by atoms with Gasteiger partial charge in [-0.3, -0.25) is 14.5 Å². The molecule has 3 rings (SSSR count). The summed E-state index contributed by atoms with van der Waals surface area (Å²) in [5.41, 5.74) is 1.43. The first-order valence-corrected chi connectivity index (χ1v) is 9.05. The number of nitrogens with zero attached hydrogens (tertiary/aromatic N) is 2. The Labute approximate surface area is 158 Å². The van der Waals surface area contributed by atoms with Crippen LogP contribution in [0.2, 0.25) is 5.02 Å². The lowest BCUT2D eigenvalue weighted by molar-refractivity contribution is -0.116. The zero-order valence-corrected chi connectivity index (χ0v) is 15.4. The monoisotopic (exact) mass is 393 g/mol. The van der Waals surface area contributed by atoms with Crippen LogP contribution in [0.5, 0.6) is 0 Å². The maximum atomic E-state index is 12.3. The van der Waals surface area contributed by atoms with E-state index in [4.69, 9.17) is 11.6 Å². The molecule has 1 aromatic heterocycles. The molecule has 1 aliphatic heterocycles. The quantitative estimate of drug-likeness (QED) is 0.725. The average molecular weight is 394 g/mol. The Bertz CT molecular complexity index is 869. The molecule has 0 radical (unpaired) electrons. The summed E-state index contributed by atoms with van der Waals surface area (Å²) in [6.45, 7) is 2.51. The van der Waals surface area contributed by atoms with Gasteiger partial charge in [0.1, 0.15) is 0 Å². The van der Waals surface area contributed by atoms with Gasteiger partial charge in [-0.2, -0.15) is 0 Å². The van der Waals surface area contributed by atoms with Crippen LogP contribution in [0.25, 0.3) is 0 Å². The lowest BCUT2D eigenvalue weighted by atomic mass is 10.2. The zero-order chi connectivity index (χ0) is 18.7. The number of benzene rings is 1. The summed E-state index contributed by atoms with van der Waals surface area (Å²) in [5, 5.41) is 10.8. The number of urea groups is 1. The summed E-state index contributed by atoms with van der Waals surface area (Å²) >= 11 is 7.28. The third-order valence-corrected chi connectivity index (χ3v) is 4.68. The molecule has 0 aliphatic carbocycles. The molecule has 0 unspecified atom stereocenters. The van der Waals surface area contributed by atoms with Gasteiger partial charge in [0.15, 0.2) is 5.13 Å². The molecule has 2 aromatic rings. The Morgan fingerprint density at radius 1 is 1.35 bits per heavy atom.